The lowest BCUT2D eigenvalue weighted by atomic mass is 10.2. The van der Waals surface area contributed by atoms with Gasteiger partial charge in [0.25, 0.3) is 5.91 Å². The van der Waals surface area contributed by atoms with Gasteiger partial charge in [0.05, 0.1) is 5.56 Å². The Hall–Kier alpha value is -1.00. The highest BCUT2D eigenvalue weighted by Gasteiger charge is 2.27. The van der Waals surface area contributed by atoms with Crippen molar-refractivity contribution >= 4 is 39.4 Å². The Morgan fingerprint density at radius 3 is 2.79 bits per heavy atom. The molecule has 0 unspecified atom stereocenters. The first-order chi connectivity index (χ1) is 8.83. The molecular formula is C9H10BrF3N4OS. The van der Waals surface area contributed by atoms with Crippen molar-refractivity contribution in [3.63, 3.8) is 0 Å². The molecule has 0 atom stereocenters. The molecule has 0 aromatic carbocycles. The third-order valence-electron chi connectivity index (χ3n) is 1.89. The minimum absolute atomic E-state index is 0.112. The number of hydrogen-bond acceptors (Lipinski definition) is 5. The molecule has 0 radical (unpaired) electrons. The van der Waals surface area contributed by atoms with Gasteiger partial charge in [0.1, 0.15) is 0 Å². The quantitative estimate of drug-likeness (QED) is 0.426. The number of thioether (sulfide) groups is 1. The summed E-state index contributed by atoms with van der Waals surface area (Å²) >= 11 is 2.94. The third-order valence-corrected chi connectivity index (χ3v) is 3.06. The van der Waals surface area contributed by atoms with Crippen LogP contribution in [0.4, 0.5) is 19.0 Å². The maximum Gasteiger partial charge on any atom is 0.441 e. The van der Waals surface area contributed by atoms with Crippen LogP contribution in [0.3, 0.4) is 0 Å². The molecule has 1 aromatic heterocycles. The number of aromatic nitrogens is 1. The largest absolute Gasteiger partial charge is 0.441 e. The smallest absolute Gasteiger partial charge is 0.351 e. The van der Waals surface area contributed by atoms with Crippen LogP contribution in [0.2, 0.25) is 0 Å². The number of alkyl halides is 3. The number of halogens is 4. The number of nitrogens with zero attached hydrogens (tertiary/aromatic N) is 1. The average molecular weight is 359 g/mol. The predicted octanol–water partition coefficient (Wildman–Crippen LogP) is 2.11. The summed E-state index contributed by atoms with van der Waals surface area (Å²) in [5.74, 6) is 4.52. The summed E-state index contributed by atoms with van der Waals surface area (Å²) in [6.07, 6.45) is 1.44. The number of amides is 1. The lowest BCUT2D eigenvalue weighted by Gasteiger charge is -2.10. The van der Waals surface area contributed by atoms with Crippen LogP contribution in [0, 0.1) is 0 Å². The molecule has 0 aliphatic carbocycles. The van der Waals surface area contributed by atoms with Gasteiger partial charge in [-0.3, -0.25) is 4.79 Å². The van der Waals surface area contributed by atoms with Crippen LogP contribution in [0.5, 0.6) is 0 Å². The van der Waals surface area contributed by atoms with Gasteiger partial charge in [-0.05, 0) is 33.8 Å². The molecule has 19 heavy (non-hydrogen) atoms. The van der Waals surface area contributed by atoms with E-state index in [4.69, 9.17) is 5.84 Å². The minimum Gasteiger partial charge on any atom is -0.351 e. The van der Waals surface area contributed by atoms with Gasteiger partial charge < -0.3 is 10.7 Å². The fourth-order valence-electron chi connectivity index (χ4n) is 1.15. The highest BCUT2D eigenvalue weighted by Crippen LogP contribution is 2.29. The van der Waals surface area contributed by atoms with Crippen LogP contribution in [-0.4, -0.2) is 28.7 Å². The number of carbonyl (C=O) groups excluding carboxylic acids is 1. The van der Waals surface area contributed by atoms with E-state index in [1.807, 2.05) is 0 Å². The maximum absolute atomic E-state index is 11.9. The molecule has 1 amide bonds. The van der Waals surface area contributed by atoms with Gasteiger partial charge in [0.2, 0.25) is 0 Å². The van der Waals surface area contributed by atoms with Crippen molar-refractivity contribution in [2.45, 2.75) is 5.51 Å². The Bertz CT molecular complexity index is 458. The van der Waals surface area contributed by atoms with Crippen LogP contribution >= 0.6 is 27.7 Å². The minimum atomic E-state index is -4.30. The van der Waals surface area contributed by atoms with Crippen molar-refractivity contribution in [3.8, 4) is 0 Å². The second-order valence-electron chi connectivity index (χ2n) is 3.24. The van der Waals surface area contributed by atoms with Gasteiger partial charge >= 0.3 is 5.51 Å². The predicted molar refractivity (Wildman–Crippen MR) is 70.6 cm³/mol. The summed E-state index contributed by atoms with van der Waals surface area (Å²) < 4.78 is 36.2. The molecule has 0 fully saturated rings. The monoisotopic (exact) mass is 358 g/mol. The fraction of sp³-hybridized carbons (Fsp3) is 0.333. The van der Waals surface area contributed by atoms with E-state index in [0.717, 1.165) is 0 Å². The maximum atomic E-state index is 11.9. The van der Waals surface area contributed by atoms with Crippen molar-refractivity contribution in [2.75, 3.05) is 17.7 Å². The number of pyridine rings is 1. The zero-order valence-corrected chi connectivity index (χ0v) is 11.8. The van der Waals surface area contributed by atoms with E-state index < -0.39 is 11.4 Å². The molecule has 10 heteroatoms. The lowest BCUT2D eigenvalue weighted by molar-refractivity contribution is -0.0327. The molecule has 0 saturated carbocycles. The summed E-state index contributed by atoms with van der Waals surface area (Å²) in [5, 5.41) is 2.36. The molecule has 0 bridgehead atoms. The van der Waals surface area contributed by atoms with Crippen LogP contribution < -0.4 is 16.6 Å². The number of hydrazine groups is 1. The molecule has 4 N–H and O–H groups in total. The van der Waals surface area contributed by atoms with Crippen LogP contribution in [0.15, 0.2) is 16.7 Å². The highest BCUT2D eigenvalue weighted by atomic mass is 79.9. The fourth-order valence-corrected chi connectivity index (χ4v) is 1.92. The van der Waals surface area contributed by atoms with Crippen molar-refractivity contribution in [1.82, 2.24) is 10.3 Å². The van der Waals surface area contributed by atoms with Crippen molar-refractivity contribution in [1.29, 1.82) is 0 Å². The van der Waals surface area contributed by atoms with Crippen molar-refractivity contribution in [2.24, 2.45) is 5.84 Å². The molecule has 1 aromatic rings. The molecule has 0 saturated heterocycles. The summed E-state index contributed by atoms with van der Waals surface area (Å²) in [7, 11) is 0. The standard InChI is InChI=1S/C9H10BrF3N4OS/c10-5-3-6(7(17-14)16-4-5)8(18)15-1-2-19-9(11,12)13/h3-4H,1-2,14H2,(H,15,18)(H,16,17). The molecule has 0 spiro atoms. The number of carbonyl (C=O) groups is 1. The molecule has 106 valence electrons. The van der Waals surface area contributed by atoms with Gasteiger partial charge in [-0.25, -0.2) is 10.8 Å². The number of nitrogen functional groups attached to an aromatic ring is 1. The van der Waals surface area contributed by atoms with E-state index >= 15 is 0 Å². The number of anilines is 1. The molecule has 1 rings (SSSR count). The number of hydrogen-bond donors (Lipinski definition) is 3. The van der Waals surface area contributed by atoms with Crippen LogP contribution in [-0.2, 0) is 0 Å². The lowest BCUT2D eigenvalue weighted by Crippen LogP contribution is -2.28. The first-order valence-corrected chi connectivity index (χ1v) is 6.72. The summed E-state index contributed by atoms with van der Waals surface area (Å²) in [5.41, 5.74) is -1.91. The Morgan fingerprint density at radius 2 is 2.21 bits per heavy atom. The zero-order chi connectivity index (χ0) is 14.5. The van der Waals surface area contributed by atoms with E-state index in [9.17, 15) is 18.0 Å². The molecular weight excluding hydrogens is 349 g/mol. The number of nitrogens with one attached hydrogen (secondary N) is 2. The average Bonchev–Trinajstić information content (AvgIpc) is 2.33. The highest BCUT2D eigenvalue weighted by molar-refractivity contribution is 9.10. The summed E-state index contributed by atoms with van der Waals surface area (Å²) in [4.78, 5) is 15.6. The van der Waals surface area contributed by atoms with E-state index in [-0.39, 0.29) is 35.4 Å². The summed E-state index contributed by atoms with van der Waals surface area (Å²) in [6.45, 7) is -0.112. The van der Waals surface area contributed by atoms with Crippen molar-refractivity contribution < 1.29 is 18.0 Å². The van der Waals surface area contributed by atoms with E-state index in [0.29, 0.717) is 4.47 Å². The first kappa shape index (κ1) is 16.1. The summed E-state index contributed by atoms with van der Waals surface area (Å²) in [6, 6.07) is 1.47. The van der Waals surface area contributed by atoms with E-state index in [1.165, 1.54) is 12.3 Å². The van der Waals surface area contributed by atoms with Gasteiger partial charge in [-0.2, -0.15) is 13.2 Å². The normalized spacial score (nSPS) is 11.2. The zero-order valence-electron chi connectivity index (χ0n) is 9.42. The Morgan fingerprint density at radius 1 is 1.53 bits per heavy atom. The Balaban J connectivity index is 2.56. The van der Waals surface area contributed by atoms with Gasteiger partial charge in [-0.15, -0.1) is 0 Å². The second kappa shape index (κ2) is 6.96. The van der Waals surface area contributed by atoms with Crippen LogP contribution in [0.25, 0.3) is 0 Å². The van der Waals surface area contributed by atoms with E-state index in [2.05, 4.69) is 31.7 Å². The SMILES string of the molecule is NNc1ncc(Br)cc1C(=O)NCCSC(F)(F)F. The Kier molecular flexibility index (Phi) is 5.88. The van der Waals surface area contributed by atoms with Gasteiger partial charge in [0, 0.05) is 23.0 Å². The number of nitrogens with two attached hydrogens (primary N) is 1. The molecule has 5 nitrogen and oxygen atoms in total. The molecule has 0 aliphatic rings. The second-order valence-corrected chi connectivity index (χ2v) is 5.32. The third kappa shape index (κ3) is 5.66. The first-order valence-electron chi connectivity index (χ1n) is 4.94. The van der Waals surface area contributed by atoms with E-state index in [1.54, 1.807) is 0 Å². The van der Waals surface area contributed by atoms with Gasteiger partial charge in [-0.1, -0.05) is 0 Å². The molecule has 0 aliphatic heterocycles. The van der Waals surface area contributed by atoms with Crippen molar-refractivity contribution in [3.05, 3.63) is 22.3 Å². The number of rotatable bonds is 5. The molecule has 1 heterocycles. The van der Waals surface area contributed by atoms with Crippen LogP contribution in [0.1, 0.15) is 10.4 Å². The van der Waals surface area contributed by atoms with Gasteiger partial charge in [0.15, 0.2) is 5.82 Å². The topological polar surface area (TPSA) is 80.0 Å². The Labute approximate surface area is 119 Å².